The molecule has 4 nitrogen and oxygen atoms in total. The fourth-order valence-electron chi connectivity index (χ4n) is 1.95. The highest BCUT2D eigenvalue weighted by molar-refractivity contribution is 5.81. The van der Waals surface area contributed by atoms with Crippen LogP contribution in [0.5, 0.6) is 0 Å². The van der Waals surface area contributed by atoms with Crippen LogP contribution in [0.4, 0.5) is 0 Å². The van der Waals surface area contributed by atoms with E-state index in [0.717, 1.165) is 12.8 Å². The number of carbonyl (C=O) groups excluding carboxylic acids is 1. The number of aliphatic hydroxyl groups excluding tert-OH is 1. The van der Waals surface area contributed by atoms with Crippen molar-refractivity contribution in [2.45, 2.75) is 57.7 Å². The highest BCUT2D eigenvalue weighted by atomic mass is 16.3. The Bertz CT molecular complexity index is 203. The summed E-state index contributed by atoms with van der Waals surface area (Å²) in [6.07, 6.45) is 4.65. The van der Waals surface area contributed by atoms with Gasteiger partial charge in [-0.1, -0.05) is 12.8 Å². The van der Waals surface area contributed by atoms with Gasteiger partial charge in [0.05, 0.1) is 12.6 Å². The molecule has 0 aromatic heterocycles. The van der Waals surface area contributed by atoms with Gasteiger partial charge < -0.3 is 15.7 Å². The van der Waals surface area contributed by atoms with Gasteiger partial charge in [0.1, 0.15) is 0 Å². The van der Waals surface area contributed by atoms with Gasteiger partial charge in [-0.15, -0.1) is 0 Å². The summed E-state index contributed by atoms with van der Waals surface area (Å²) in [5.41, 5.74) is 0. The highest BCUT2D eigenvalue weighted by Gasteiger charge is 2.21. The van der Waals surface area contributed by atoms with Crippen molar-refractivity contribution in [3.05, 3.63) is 0 Å². The van der Waals surface area contributed by atoms with Crippen LogP contribution in [0.2, 0.25) is 0 Å². The Morgan fingerprint density at radius 2 is 2.00 bits per heavy atom. The molecule has 0 aromatic rings. The van der Waals surface area contributed by atoms with E-state index in [4.69, 9.17) is 5.11 Å². The molecular formula is C11H22N2O2. The first-order valence-corrected chi connectivity index (χ1v) is 5.80. The Labute approximate surface area is 91.4 Å². The SMILES string of the molecule is CC(CO)NC(C)C(=O)NC1CCCC1. The molecule has 0 aromatic carbocycles. The van der Waals surface area contributed by atoms with E-state index in [-0.39, 0.29) is 24.6 Å². The number of amides is 1. The first kappa shape index (κ1) is 12.5. The molecule has 0 heterocycles. The Kier molecular flexibility index (Phi) is 5.05. The first-order valence-electron chi connectivity index (χ1n) is 5.80. The molecule has 2 unspecified atom stereocenters. The quantitative estimate of drug-likeness (QED) is 0.621. The van der Waals surface area contributed by atoms with Crippen LogP contribution in [0, 0.1) is 0 Å². The van der Waals surface area contributed by atoms with Crippen molar-refractivity contribution in [1.82, 2.24) is 10.6 Å². The maximum atomic E-state index is 11.7. The van der Waals surface area contributed by atoms with Crippen LogP contribution < -0.4 is 10.6 Å². The normalized spacial score (nSPS) is 21.3. The molecule has 1 saturated carbocycles. The predicted molar refractivity (Wildman–Crippen MR) is 59.5 cm³/mol. The molecule has 0 radical (unpaired) electrons. The monoisotopic (exact) mass is 214 g/mol. The lowest BCUT2D eigenvalue weighted by molar-refractivity contribution is -0.123. The zero-order valence-corrected chi connectivity index (χ0v) is 9.62. The van der Waals surface area contributed by atoms with Crippen molar-refractivity contribution in [3.8, 4) is 0 Å². The molecule has 1 aliphatic rings. The molecule has 88 valence electrons. The van der Waals surface area contributed by atoms with E-state index < -0.39 is 0 Å². The maximum Gasteiger partial charge on any atom is 0.237 e. The van der Waals surface area contributed by atoms with E-state index in [1.165, 1.54) is 12.8 Å². The summed E-state index contributed by atoms with van der Waals surface area (Å²) < 4.78 is 0. The standard InChI is InChI=1S/C11H22N2O2/c1-8(7-14)12-9(2)11(15)13-10-5-3-4-6-10/h8-10,12,14H,3-7H2,1-2H3,(H,13,15). The van der Waals surface area contributed by atoms with Gasteiger partial charge >= 0.3 is 0 Å². The lowest BCUT2D eigenvalue weighted by Crippen LogP contribution is -2.49. The summed E-state index contributed by atoms with van der Waals surface area (Å²) in [5.74, 6) is 0.0437. The summed E-state index contributed by atoms with van der Waals surface area (Å²) in [4.78, 5) is 11.7. The van der Waals surface area contributed by atoms with E-state index in [2.05, 4.69) is 10.6 Å². The molecule has 0 spiro atoms. The predicted octanol–water partition coefficient (Wildman–Crippen LogP) is 0.404. The third-order valence-corrected chi connectivity index (χ3v) is 2.90. The van der Waals surface area contributed by atoms with E-state index in [1.54, 1.807) is 0 Å². The van der Waals surface area contributed by atoms with Crippen molar-refractivity contribution in [2.75, 3.05) is 6.61 Å². The lowest BCUT2D eigenvalue weighted by atomic mass is 10.2. The second-order valence-corrected chi connectivity index (χ2v) is 4.46. The van der Waals surface area contributed by atoms with E-state index in [9.17, 15) is 4.79 Å². The van der Waals surface area contributed by atoms with E-state index >= 15 is 0 Å². The molecule has 1 fully saturated rings. The molecule has 0 aliphatic heterocycles. The van der Waals surface area contributed by atoms with Crippen LogP contribution in [0.1, 0.15) is 39.5 Å². The second-order valence-electron chi connectivity index (χ2n) is 4.46. The number of carbonyl (C=O) groups is 1. The minimum Gasteiger partial charge on any atom is -0.395 e. The molecule has 1 aliphatic carbocycles. The Morgan fingerprint density at radius 1 is 1.40 bits per heavy atom. The maximum absolute atomic E-state index is 11.7. The van der Waals surface area contributed by atoms with Crippen molar-refractivity contribution in [1.29, 1.82) is 0 Å². The Balaban J connectivity index is 2.25. The van der Waals surface area contributed by atoms with Crippen LogP contribution in [0.3, 0.4) is 0 Å². The zero-order valence-electron chi connectivity index (χ0n) is 9.62. The molecule has 4 heteroatoms. The fourth-order valence-corrected chi connectivity index (χ4v) is 1.95. The first-order chi connectivity index (χ1) is 7.13. The largest absolute Gasteiger partial charge is 0.395 e. The minimum absolute atomic E-state index is 0.0330. The third-order valence-electron chi connectivity index (χ3n) is 2.90. The van der Waals surface area contributed by atoms with Crippen molar-refractivity contribution in [3.63, 3.8) is 0 Å². The Morgan fingerprint density at radius 3 is 2.53 bits per heavy atom. The zero-order chi connectivity index (χ0) is 11.3. The summed E-state index contributed by atoms with van der Waals surface area (Å²) in [6.45, 7) is 3.75. The average Bonchev–Trinajstić information content (AvgIpc) is 2.70. The lowest BCUT2D eigenvalue weighted by Gasteiger charge is -2.20. The van der Waals surface area contributed by atoms with Gasteiger partial charge in [-0.3, -0.25) is 4.79 Å². The van der Waals surface area contributed by atoms with Crippen LogP contribution in [0.25, 0.3) is 0 Å². The summed E-state index contributed by atoms with van der Waals surface area (Å²) in [5, 5.41) is 14.9. The average molecular weight is 214 g/mol. The molecule has 3 N–H and O–H groups in total. The van der Waals surface area contributed by atoms with Gasteiger partial charge in [-0.25, -0.2) is 0 Å². The molecule has 15 heavy (non-hydrogen) atoms. The van der Waals surface area contributed by atoms with E-state index in [0.29, 0.717) is 6.04 Å². The Hall–Kier alpha value is -0.610. The van der Waals surface area contributed by atoms with E-state index in [1.807, 2.05) is 13.8 Å². The minimum atomic E-state index is -0.229. The van der Waals surface area contributed by atoms with Gasteiger partial charge in [0.15, 0.2) is 0 Å². The molecule has 1 amide bonds. The number of hydrogen-bond acceptors (Lipinski definition) is 3. The van der Waals surface area contributed by atoms with Crippen LogP contribution in [-0.4, -0.2) is 35.7 Å². The van der Waals surface area contributed by atoms with Gasteiger partial charge in [-0.2, -0.15) is 0 Å². The molecular weight excluding hydrogens is 192 g/mol. The molecule has 0 bridgehead atoms. The summed E-state index contributed by atoms with van der Waals surface area (Å²) >= 11 is 0. The third kappa shape index (κ3) is 4.18. The summed E-state index contributed by atoms with van der Waals surface area (Å²) in [7, 11) is 0. The molecule has 1 rings (SSSR count). The molecule has 2 atom stereocenters. The van der Waals surface area contributed by atoms with Gasteiger partial charge in [-0.05, 0) is 26.7 Å². The fraction of sp³-hybridized carbons (Fsp3) is 0.909. The second kappa shape index (κ2) is 6.08. The molecule has 0 saturated heterocycles. The van der Waals surface area contributed by atoms with Crippen LogP contribution in [-0.2, 0) is 4.79 Å². The number of rotatable bonds is 5. The van der Waals surface area contributed by atoms with Crippen LogP contribution >= 0.6 is 0 Å². The smallest absolute Gasteiger partial charge is 0.237 e. The number of hydrogen-bond donors (Lipinski definition) is 3. The van der Waals surface area contributed by atoms with Gasteiger partial charge in [0.2, 0.25) is 5.91 Å². The van der Waals surface area contributed by atoms with Crippen molar-refractivity contribution >= 4 is 5.91 Å². The summed E-state index contributed by atoms with van der Waals surface area (Å²) in [6, 6.07) is 0.105. The highest BCUT2D eigenvalue weighted by Crippen LogP contribution is 2.17. The van der Waals surface area contributed by atoms with Gasteiger partial charge in [0.25, 0.3) is 0 Å². The van der Waals surface area contributed by atoms with Crippen molar-refractivity contribution < 1.29 is 9.90 Å². The number of nitrogens with one attached hydrogen (secondary N) is 2. The number of aliphatic hydroxyl groups is 1. The van der Waals surface area contributed by atoms with Gasteiger partial charge in [0, 0.05) is 12.1 Å². The van der Waals surface area contributed by atoms with Crippen molar-refractivity contribution in [2.24, 2.45) is 0 Å². The topological polar surface area (TPSA) is 61.4 Å². The van der Waals surface area contributed by atoms with Crippen LogP contribution in [0.15, 0.2) is 0 Å².